The predicted octanol–water partition coefficient (Wildman–Crippen LogP) is 5.41. The lowest BCUT2D eigenvalue weighted by atomic mass is 9.93. The molecule has 1 aliphatic rings. The zero-order valence-electron chi connectivity index (χ0n) is 20.8. The van der Waals surface area contributed by atoms with Crippen LogP contribution in [0.5, 0.6) is 0 Å². The van der Waals surface area contributed by atoms with Crippen LogP contribution in [-0.2, 0) is 17.9 Å². The van der Waals surface area contributed by atoms with E-state index in [1.807, 2.05) is 97.9 Å². The van der Waals surface area contributed by atoms with Crippen LogP contribution < -0.4 is 10.2 Å². The number of carbonyl (C=O) groups excluding carboxylic acids is 2. The van der Waals surface area contributed by atoms with Crippen molar-refractivity contribution in [2.24, 2.45) is 0 Å². The molecule has 2 amide bonds. The second-order valence-electron chi connectivity index (χ2n) is 9.77. The van der Waals surface area contributed by atoms with Crippen molar-refractivity contribution in [3.05, 3.63) is 108 Å². The fourth-order valence-electron chi connectivity index (χ4n) is 4.71. The summed E-state index contributed by atoms with van der Waals surface area (Å²) in [5.41, 5.74) is 3.80. The van der Waals surface area contributed by atoms with E-state index in [0.717, 1.165) is 11.1 Å². The minimum atomic E-state index is -1.17. The van der Waals surface area contributed by atoms with Crippen molar-refractivity contribution in [3.8, 4) is 11.3 Å². The van der Waals surface area contributed by atoms with Gasteiger partial charge in [-0.15, -0.1) is 0 Å². The van der Waals surface area contributed by atoms with Crippen LogP contribution in [0.1, 0.15) is 48.3 Å². The summed E-state index contributed by atoms with van der Waals surface area (Å²) >= 11 is 0. The number of carbonyl (C=O) groups is 2. The van der Waals surface area contributed by atoms with Gasteiger partial charge in [-0.05, 0) is 42.2 Å². The van der Waals surface area contributed by atoms with E-state index in [9.17, 15) is 9.59 Å². The van der Waals surface area contributed by atoms with Crippen LogP contribution in [0, 0.1) is 0 Å². The van der Waals surface area contributed by atoms with Crippen LogP contribution in [0.3, 0.4) is 0 Å². The minimum Gasteiger partial charge on any atom is -0.350 e. The summed E-state index contributed by atoms with van der Waals surface area (Å²) in [4.78, 5) is 29.3. The molecule has 0 unspecified atom stereocenters. The molecule has 0 saturated carbocycles. The maximum Gasteiger partial charge on any atom is 0.277 e. The molecule has 1 aromatic heterocycles. The summed E-state index contributed by atoms with van der Waals surface area (Å²) in [6.07, 6.45) is 0. The van der Waals surface area contributed by atoms with Gasteiger partial charge in [0.05, 0.1) is 12.2 Å². The molecule has 4 aromatic rings. The first-order valence-corrected chi connectivity index (χ1v) is 12.3. The van der Waals surface area contributed by atoms with Gasteiger partial charge in [-0.25, -0.2) is 0 Å². The molecule has 6 heteroatoms. The van der Waals surface area contributed by atoms with Crippen LogP contribution in [0.25, 0.3) is 11.3 Å². The fraction of sp³-hybridized carbons (Fsp3) is 0.233. The summed E-state index contributed by atoms with van der Waals surface area (Å²) in [5, 5.41) is 7.78. The lowest BCUT2D eigenvalue weighted by Crippen LogP contribution is -2.64. The van der Waals surface area contributed by atoms with Gasteiger partial charge < -0.3 is 5.32 Å². The standard InChI is InChI=1S/C30H30N4O2/c1-21(2)23-14-16-25(17-15-23)34-28(35)27-18-26(24-12-8-5-9-13-24)32-33(27)20-30(34,3)29(36)31-19-22-10-6-4-7-11-22/h4-18,21H,19-20H2,1-3H3,(H,31,36)/t30-/m0/s1. The van der Waals surface area contributed by atoms with Crippen LogP contribution in [0.2, 0.25) is 0 Å². The molecule has 1 aliphatic heterocycles. The third kappa shape index (κ3) is 4.31. The highest BCUT2D eigenvalue weighted by Gasteiger charge is 2.48. The Hall–Kier alpha value is -4.19. The average Bonchev–Trinajstić information content (AvgIpc) is 3.33. The molecular formula is C30H30N4O2. The van der Waals surface area contributed by atoms with Crippen molar-refractivity contribution in [2.45, 2.75) is 45.3 Å². The van der Waals surface area contributed by atoms with Crippen LogP contribution >= 0.6 is 0 Å². The van der Waals surface area contributed by atoms with E-state index in [1.165, 1.54) is 5.56 Å². The third-order valence-corrected chi connectivity index (χ3v) is 6.83. The second-order valence-corrected chi connectivity index (χ2v) is 9.77. The zero-order chi connectivity index (χ0) is 25.3. The van der Waals surface area contributed by atoms with Gasteiger partial charge in [-0.2, -0.15) is 5.10 Å². The van der Waals surface area contributed by atoms with Crippen molar-refractivity contribution in [1.29, 1.82) is 0 Å². The molecule has 182 valence electrons. The van der Waals surface area contributed by atoms with Gasteiger partial charge in [0.25, 0.3) is 5.91 Å². The van der Waals surface area contributed by atoms with E-state index >= 15 is 0 Å². The lowest BCUT2D eigenvalue weighted by molar-refractivity contribution is -0.126. The van der Waals surface area contributed by atoms with Gasteiger partial charge in [0.2, 0.25) is 5.91 Å². The number of anilines is 1. The van der Waals surface area contributed by atoms with Crippen LogP contribution in [0.15, 0.2) is 91.0 Å². The quantitative estimate of drug-likeness (QED) is 0.403. The Morgan fingerprint density at radius 1 is 0.972 bits per heavy atom. The number of rotatable bonds is 6. The molecule has 1 atom stereocenters. The van der Waals surface area contributed by atoms with Crippen molar-refractivity contribution >= 4 is 17.5 Å². The average molecular weight is 479 g/mol. The molecule has 1 N–H and O–H groups in total. The van der Waals surface area contributed by atoms with E-state index in [4.69, 9.17) is 5.10 Å². The van der Waals surface area contributed by atoms with Crippen LogP contribution in [0.4, 0.5) is 5.69 Å². The summed E-state index contributed by atoms with van der Waals surface area (Å²) in [6.45, 7) is 6.70. The number of hydrogen-bond acceptors (Lipinski definition) is 3. The Labute approximate surface area is 211 Å². The summed E-state index contributed by atoms with van der Waals surface area (Å²) in [5.74, 6) is -0.104. The molecule has 5 rings (SSSR count). The van der Waals surface area contributed by atoms with Crippen LogP contribution in [-0.4, -0.2) is 27.1 Å². The molecule has 0 bridgehead atoms. The summed E-state index contributed by atoms with van der Waals surface area (Å²) in [6, 6.07) is 29.2. The molecular weight excluding hydrogens is 448 g/mol. The number of nitrogens with zero attached hydrogens (tertiary/aromatic N) is 3. The highest BCUT2D eigenvalue weighted by Crippen LogP contribution is 2.35. The fourth-order valence-corrected chi connectivity index (χ4v) is 4.71. The topological polar surface area (TPSA) is 67.2 Å². The molecule has 0 saturated heterocycles. The molecule has 3 aromatic carbocycles. The third-order valence-electron chi connectivity index (χ3n) is 6.83. The zero-order valence-corrected chi connectivity index (χ0v) is 20.8. The number of nitrogens with one attached hydrogen (secondary N) is 1. The van der Waals surface area contributed by atoms with E-state index in [0.29, 0.717) is 29.5 Å². The van der Waals surface area contributed by atoms with E-state index in [2.05, 4.69) is 19.2 Å². The summed E-state index contributed by atoms with van der Waals surface area (Å²) < 4.78 is 1.67. The second kappa shape index (κ2) is 9.46. The Morgan fingerprint density at radius 3 is 2.25 bits per heavy atom. The van der Waals surface area contributed by atoms with E-state index in [-0.39, 0.29) is 18.4 Å². The first kappa shape index (κ1) is 23.5. The van der Waals surface area contributed by atoms with Gasteiger partial charge in [0.15, 0.2) is 0 Å². The minimum absolute atomic E-state index is 0.227. The summed E-state index contributed by atoms with van der Waals surface area (Å²) in [7, 11) is 0. The van der Waals surface area contributed by atoms with E-state index in [1.54, 1.807) is 9.58 Å². The van der Waals surface area contributed by atoms with Gasteiger partial charge >= 0.3 is 0 Å². The van der Waals surface area contributed by atoms with Gasteiger partial charge in [0, 0.05) is 17.8 Å². The maximum atomic E-state index is 14.0. The monoisotopic (exact) mass is 478 g/mol. The van der Waals surface area contributed by atoms with Gasteiger partial charge in [-0.3, -0.25) is 19.2 Å². The lowest BCUT2D eigenvalue weighted by Gasteiger charge is -2.43. The Morgan fingerprint density at radius 2 is 1.61 bits per heavy atom. The predicted molar refractivity (Wildman–Crippen MR) is 142 cm³/mol. The SMILES string of the molecule is CC(C)c1ccc(N2C(=O)c3cc(-c4ccccc4)nn3C[C@@]2(C)C(=O)NCc2ccccc2)cc1. The number of aromatic nitrogens is 2. The largest absolute Gasteiger partial charge is 0.350 e. The van der Waals surface area contributed by atoms with Crippen molar-refractivity contribution < 1.29 is 9.59 Å². The number of amides is 2. The number of fused-ring (bicyclic) bond motifs is 1. The molecule has 0 aliphatic carbocycles. The molecule has 0 radical (unpaired) electrons. The molecule has 36 heavy (non-hydrogen) atoms. The number of hydrogen-bond donors (Lipinski definition) is 1. The van der Waals surface area contributed by atoms with E-state index < -0.39 is 5.54 Å². The van der Waals surface area contributed by atoms with Crippen molar-refractivity contribution in [1.82, 2.24) is 15.1 Å². The maximum absolute atomic E-state index is 14.0. The Balaban J connectivity index is 1.54. The molecule has 2 heterocycles. The first-order valence-electron chi connectivity index (χ1n) is 12.3. The normalized spacial score (nSPS) is 17.2. The van der Waals surface area contributed by atoms with Crippen molar-refractivity contribution in [3.63, 3.8) is 0 Å². The van der Waals surface area contributed by atoms with Crippen molar-refractivity contribution in [2.75, 3.05) is 4.90 Å². The van der Waals surface area contributed by atoms with Gasteiger partial charge in [0.1, 0.15) is 11.2 Å². The first-order chi connectivity index (χ1) is 17.4. The molecule has 6 nitrogen and oxygen atoms in total. The highest BCUT2D eigenvalue weighted by atomic mass is 16.2. The molecule has 0 spiro atoms. The Bertz CT molecular complexity index is 1380. The van der Waals surface area contributed by atoms with Gasteiger partial charge in [-0.1, -0.05) is 86.6 Å². The molecule has 0 fully saturated rings. The highest BCUT2D eigenvalue weighted by molar-refractivity contribution is 6.12. The smallest absolute Gasteiger partial charge is 0.277 e. The Kier molecular flexibility index (Phi) is 6.18. The number of benzene rings is 3.